The molecule has 0 aliphatic heterocycles. The summed E-state index contributed by atoms with van der Waals surface area (Å²) in [5, 5.41) is 3.43. The van der Waals surface area contributed by atoms with Gasteiger partial charge in [0.2, 0.25) is 0 Å². The van der Waals surface area contributed by atoms with Gasteiger partial charge in [-0.2, -0.15) is 13.2 Å². The molecule has 1 fully saturated rings. The summed E-state index contributed by atoms with van der Waals surface area (Å²) in [6.45, 7) is 0. The predicted octanol–water partition coefficient (Wildman–Crippen LogP) is 4.72. The second kappa shape index (κ2) is 6.48. The summed E-state index contributed by atoms with van der Waals surface area (Å²) in [5.41, 5.74) is 0.697. The number of amides is 1. The first-order valence-electron chi connectivity index (χ1n) is 7.55. The van der Waals surface area contributed by atoms with Crippen LogP contribution in [-0.4, -0.2) is 11.9 Å². The maximum Gasteiger partial charge on any atom is 0.416 e. The molecule has 2 nitrogen and oxygen atoms in total. The van der Waals surface area contributed by atoms with Crippen LogP contribution in [0.3, 0.4) is 0 Å². The van der Waals surface area contributed by atoms with Crippen molar-refractivity contribution in [2.24, 2.45) is 5.92 Å². The second-order valence-corrected chi connectivity index (χ2v) is 6.42. The Morgan fingerprint density at radius 3 is 2.50 bits per heavy atom. The highest BCUT2D eigenvalue weighted by Gasteiger charge is 2.38. The van der Waals surface area contributed by atoms with E-state index in [1.807, 2.05) is 0 Å². The third kappa shape index (κ3) is 4.09. The van der Waals surface area contributed by atoms with Crippen molar-refractivity contribution in [3.8, 4) is 0 Å². The Bertz CT molecular complexity index is 743. The number of alkyl halides is 3. The molecule has 1 saturated carbocycles. The lowest BCUT2D eigenvalue weighted by molar-refractivity contribution is -0.137. The molecule has 0 spiro atoms. The molecule has 1 N–H and O–H groups in total. The van der Waals surface area contributed by atoms with Crippen LogP contribution in [0.15, 0.2) is 48.5 Å². The summed E-state index contributed by atoms with van der Waals surface area (Å²) in [6.07, 6.45) is -2.84. The molecule has 0 saturated heterocycles. The zero-order valence-electron chi connectivity index (χ0n) is 12.6. The van der Waals surface area contributed by atoms with E-state index in [2.05, 4.69) is 5.32 Å². The number of carbonyl (C=O) groups excluding carboxylic acids is 1. The Labute approximate surface area is 142 Å². The maximum atomic E-state index is 12.5. The van der Waals surface area contributed by atoms with E-state index in [4.69, 9.17) is 11.6 Å². The van der Waals surface area contributed by atoms with Gasteiger partial charge in [-0.1, -0.05) is 29.8 Å². The van der Waals surface area contributed by atoms with Crippen LogP contribution in [0.2, 0.25) is 5.02 Å². The molecule has 1 aliphatic rings. The summed E-state index contributed by atoms with van der Waals surface area (Å²) in [6, 6.07) is 11.9. The van der Waals surface area contributed by atoms with Crippen LogP contribution in [0.4, 0.5) is 13.2 Å². The van der Waals surface area contributed by atoms with Gasteiger partial charge in [0.15, 0.2) is 0 Å². The molecule has 0 bridgehead atoms. The fourth-order valence-electron chi connectivity index (χ4n) is 2.66. The molecular weight excluding hydrogens is 339 g/mol. The summed E-state index contributed by atoms with van der Waals surface area (Å²) in [4.78, 5) is 12.1. The lowest BCUT2D eigenvalue weighted by Gasteiger charge is -2.08. The van der Waals surface area contributed by atoms with E-state index in [-0.39, 0.29) is 17.9 Å². The number of hydrogen-bond acceptors (Lipinski definition) is 1. The molecule has 24 heavy (non-hydrogen) atoms. The van der Waals surface area contributed by atoms with E-state index in [1.165, 1.54) is 12.1 Å². The first kappa shape index (κ1) is 16.8. The highest BCUT2D eigenvalue weighted by molar-refractivity contribution is 6.30. The first-order valence-corrected chi connectivity index (χ1v) is 7.93. The van der Waals surface area contributed by atoms with E-state index in [0.29, 0.717) is 17.0 Å². The number of nitrogens with one attached hydrogen (secondary N) is 1. The number of carbonyl (C=O) groups is 1. The van der Waals surface area contributed by atoms with Crippen molar-refractivity contribution in [1.82, 2.24) is 5.32 Å². The molecule has 2 aromatic carbocycles. The Morgan fingerprint density at radius 2 is 1.88 bits per heavy atom. The molecule has 3 rings (SSSR count). The molecule has 1 aliphatic carbocycles. The average Bonchev–Trinajstić information content (AvgIpc) is 3.24. The van der Waals surface area contributed by atoms with E-state index >= 15 is 0 Å². The van der Waals surface area contributed by atoms with Crippen LogP contribution >= 0.6 is 11.6 Å². The highest BCUT2D eigenvalue weighted by Crippen LogP contribution is 2.35. The highest BCUT2D eigenvalue weighted by atomic mass is 35.5. The van der Waals surface area contributed by atoms with Gasteiger partial charge in [-0.15, -0.1) is 0 Å². The summed E-state index contributed by atoms with van der Waals surface area (Å²) >= 11 is 5.86. The largest absolute Gasteiger partial charge is 0.416 e. The fraction of sp³-hybridized carbons (Fsp3) is 0.278. The zero-order valence-corrected chi connectivity index (χ0v) is 13.4. The standard InChI is InChI=1S/C18H15ClF3NO/c19-15-3-1-2-12(9-15)17(24)23-16-10-13(16)8-11-4-6-14(7-5-11)18(20,21)22/h1-7,9,13,16H,8,10H2,(H,23,24). The van der Waals surface area contributed by atoms with Gasteiger partial charge in [0.1, 0.15) is 0 Å². The molecule has 126 valence electrons. The Morgan fingerprint density at radius 1 is 1.17 bits per heavy atom. The lowest BCUT2D eigenvalue weighted by atomic mass is 10.1. The second-order valence-electron chi connectivity index (χ2n) is 5.98. The normalized spacial score (nSPS) is 19.8. The number of hydrogen-bond donors (Lipinski definition) is 1. The van der Waals surface area contributed by atoms with Crippen LogP contribution in [0.5, 0.6) is 0 Å². The van der Waals surface area contributed by atoms with Gasteiger partial charge < -0.3 is 5.32 Å². The van der Waals surface area contributed by atoms with Crippen LogP contribution in [0.25, 0.3) is 0 Å². The minimum atomic E-state index is -4.31. The van der Waals surface area contributed by atoms with Crippen LogP contribution < -0.4 is 5.32 Å². The quantitative estimate of drug-likeness (QED) is 0.846. The van der Waals surface area contributed by atoms with E-state index in [9.17, 15) is 18.0 Å². The molecule has 6 heteroatoms. The third-order valence-corrected chi connectivity index (χ3v) is 4.34. The minimum absolute atomic E-state index is 0.0544. The molecule has 2 aromatic rings. The molecule has 2 atom stereocenters. The summed E-state index contributed by atoms with van der Waals surface area (Å²) < 4.78 is 37.6. The van der Waals surface area contributed by atoms with Gasteiger partial charge in [-0.25, -0.2) is 0 Å². The first-order chi connectivity index (χ1) is 11.3. The Hall–Kier alpha value is -2.01. The van der Waals surface area contributed by atoms with Crippen LogP contribution in [-0.2, 0) is 12.6 Å². The van der Waals surface area contributed by atoms with Crippen molar-refractivity contribution in [2.45, 2.75) is 25.1 Å². The van der Waals surface area contributed by atoms with Crippen molar-refractivity contribution < 1.29 is 18.0 Å². The average molecular weight is 354 g/mol. The maximum absolute atomic E-state index is 12.5. The smallest absolute Gasteiger partial charge is 0.349 e. The fourth-order valence-corrected chi connectivity index (χ4v) is 2.85. The Kier molecular flexibility index (Phi) is 4.54. The van der Waals surface area contributed by atoms with Gasteiger partial charge in [-0.05, 0) is 54.7 Å². The van der Waals surface area contributed by atoms with Crippen molar-refractivity contribution >= 4 is 17.5 Å². The molecule has 0 radical (unpaired) electrons. The van der Waals surface area contributed by atoms with E-state index < -0.39 is 11.7 Å². The minimum Gasteiger partial charge on any atom is -0.349 e. The van der Waals surface area contributed by atoms with Crippen molar-refractivity contribution in [2.75, 3.05) is 0 Å². The Balaban J connectivity index is 1.53. The monoisotopic (exact) mass is 353 g/mol. The third-order valence-electron chi connectivity index (χ3n) is 4.11. The van der Waals surface area contributed by atoms with Crippen LogP contribution in [0.1, 0.15) is 27.9 Å². The van der Waals surface area contributed by atoms with E-state index in [0.717, 1.165) is 24.1 Å². The number of benzene rings is 2. The van der Waals surface area contributed by atoms with Crippen molar-refractivity contribution in [3.05, 3.63) is 70.2 Å². The van der Waals surface area contributed by atoms with Gasteiger partial charge in [0, 0.05) is 16.6 Å². The molecular formula is C18H15ClF3NO. The van der Waals surface area contributed by atoms with E-state index in [1.54, 1.807) is 24.3 Å². The molecule has 2 unspecified atom stereocenters. The SMILES string of the molecule is O=C(NC1CC1Cc1ccc(C(F)(F)F)cc1)c1cccc(Cl)c1. The van der Waals surface area contributed by atoms with Crippen molar-refractivity contribution in [1.29, 1.82) is 0 Å². The molecule has 0 aromatic heterocycles. The number of halogens is 4. The molecule has 1 amide bonds. The van der Waals surface area contributed by atoms with Crippen molar-refractivity contribution in [3.63, 3.8) is 0 Å². The van der Waals surface area contributed by atoms with Gasteiger partial charge in [0.25, 0.3) is 5.91 Å². The predicted molar refractivity (Wildman–Crippen MR) is 86.0 cm³/mol. The van der Waals surface area contributed by atoms with Gasteiger partial charge >= 0.3 is 6.18 Å². The number of rotatable bonds is 4. The summed E-state index contributed by atoms with van der Waals surface area (Å²) in [5.74, 6) is 0.0716. The zero-order chi connectivity index (χ0) is 17.3. The van der Waals surface area contributed by atoms with Crippen LogP contribution in [0, 0.1) is 5.92 Å². The van der Waals surface area contributed by atoms with Gasteiger partial charge in [-0.3, -0.25) is 4.79 Å². The topological polar surface area (TPSA) is 29.1 Å². The summed E-state index contributed by atoms with van der Waals surface area (Å²) in [7, 11) is 0. The van der Waals surface area contributed by atoms with Gasteiger partial charge in [0.05, 0.1) is 5.56 Å². The molecule has 0 heterocycles. The lowest BCUT2D eigenvalue weighted by Crippen LogP contribution is -2.27.